The van der Waals surface area contributed by atoms with Crippen LogP contribution in [-0.2, 0) is 14.3 Å². The molecule has 2 unspecified atom stereocenters. The molecule has 3 heterocycles. The van der Waals surface area contributed by atoms with Gasteiger partial charge in [-0.25, -0.2) is 14.8 Å². The third-order valence-electron chi connectivity index (χ3n) is 6.25. The summed E-state index contributed by atoms with van der Waals surface area (Å²) < 4.78 is 5.19. The van der Waals surface area contributed by atoms with E-state index in [0.717, 1.165) is 19.4 Å². The zero-order valence-electron chi connectivity index (χ0n) is 21.3. The van der Waals surface area contributed by atoms with Gasteiger partial charge < -0.3 is 25.2 Å². The minimum Gasteiger partial charge on any atom is -0.444 e. The van der Waals surface area contributed by atoms with Gasteiger partial charge in [0.25, 0.3) is 0 Å². The van der Waals surface area contributed by atoms with Crippen LogP contribution in [0.2, 0.25) is 0 Å². The average Bonchev–Trinajstić information content (AvgIpc) is 2.85. The van der Waals surface area contributed by atoms with Crippen molar-refractivity contribution in [3.8, 4) is 0 Å². The Morgan fingerprint density at radius 3 is 2.37 bits per heavy atom. The fourth-order valence-corrected chi connectivity index (χ4v) is 4.38. The van der Waals surface area contributed by atoms with Gasteiger partial charge in [0.15, 0.2) is 0 Å². The van der Waals surface area contributed by atoms with Crippen molar-refractivity contribution in [1.82, 2.24) is 30.4 Å². The number of rotatable bonds is 7. The summed E-state index contributed by atoms with van der Waals surface area (Å²) in [6.45, 7) is 12.0. The average molecular weight is 490 g/mol. The lowest BCUT2D eigenvalue weighted by atomic mass is 9.95. The molecule has 35 heavy (non-hydrogen) atoms. The van der Waals surface area contributed by atoms with Crippen LogP contribution in [0.4, 0.5) is 10.7 Å². The van der Waals surface area contributed by atoms with Crippen molar-refractivity contribution >= 4 is 23.9 Å². The van der Waals surface area contributed by atoms with Gasteiger partial charge in [-0.05, 0) is 53.1 Å². The number of nitrogens with one attached hydrogen (secondary N) is 2. The predicted octanol–water partition coefficient (Wildman–Crippen LogP) is 0.867. The molecule has 0 aromatic carbocycles. The molecular formula is C24H39N7O4. The molecular weight excluding hydrogens is 450 g/mol. The molecule has 1 aromatic heterocycles. The van der Waals surface area contributed by atoms with Crippen LogP contribution in [0.25, 0.3) is 0 Å². The van der Waals surface area contributed by atoms with Crippen molar-refractivity contribution in [3.05, 3.63) is 18.5 Å². The van der Waals surface area contributed by atoms with Crippen molar-refractivity contribution in [3.63, 3.8) is 0 Å². The molecule has 11 heteroatoms. The minimum atomic E-state index is -0.559. The van der Waals surface area contributed by atoms with E-state index in [9.17, 15) is 14.4 Å². The summed E-state index contributed by atoms with van der Waals surface area (Å²) in [6.07, 6.45) is 4.61. The van der Waals surface area contributed by atoms with E-state index in [-0.39, 0.29) is 23.8 Å². The third kappa shape index (κ3) is 8.05. The summed E-state index contributed by atoms with van der Waals surface area (Å²) >= 11 is 0. The summed E-state index contributed by atoms with van der Waals surface area (Å²) in [5, 5.41) is 5.54. The topological polar surface area (TPSA) is 120 Å². The summed E-state index contributed by atoms with van der Waals surface area (Å²) in [4.78, 5) is 52.3. The number of ether oxygens (including phenoxy) is 1. The Morgan fingerprint density at radius 2 is 1.71 bits per heavy atom. The lowest BCUT2D eigenvalue weighted by Crippen LogP contribution is -2.56. The Morgan fingerprint density at radius 1 is 1.06 bits per heavy atom. The molecule has 0 aliphatic carbocycles. The Balaban J connectivity index is 1.40. The van der Waals surface area contributed by atoms with Crippen molar-refractivity contribution < 1.29 is 19.1 Å². The highest BCUT2D eigenvalue weighted by Crippen LogP contribution is 2.20. The number of carbonyl (C=O) groups is 3. The molecule has 2 N–H and O–H groups in total. The van der Waals surface area contributed by atoms with Gasteiger partial charge in [-0.3, -0.25) is 14.5 Å². The maximum atomic E-state index is 13.2. The Bertz CT molecular complexity index is 853. The van der Waals surface area contributed by atoms with Gasteiger partial charge in [0.2, 0.25) is 17.8 Å². The van der Waals surface area contributed by atoms with E-state index < -0.39 is 11.7 Å². The zero-order valence-corrected chi connectivity index (χ0v) is 21.3. The first kappa shape index (κ1) is 26.7. The molecule has 194 valence electrons. The predicted molar refractivity (Wildman–Crippen MR) is 132 cm³/mol. The molecule has 11 nitrogen and oxygen atoms in total. The SMILES string of the molecule is CC(C(=O)N1CCN(c2ncccn2)CC1)N1CCCC(C(=O)NCCNC(=O)OC(C)(C)C)C1. The second-order valence-corrected chi connectivity index (χ2v) is 10.1. The zero-order chi connectivity index (χ0) is 25.4. The minimum absolute atomic E-state index is 0.0446. The molecule has 2 saturated heterocycles. The van der Waals surface area contributed by atoms with Crippen molar-refractivity contribution in [2.75, 3.05) is 57.3 Å². The lowest BCUT2D eigenvalue weighted by molar-refractivity contribution is -0.139. The molecule has 0 radical (unpaired) electrons. The van der Waals surface area contributed by atoms with Gasteiger partial charge in [0, 0.05) is 58.2 Å². The van der Waals surface area contributed by atoms with Crippen LogP contribution >= 0.6 is 0 Å². The summed E-state index contributed by atoms with van der Waals surface area (Å²) in [5.74, 6) is 0.574. The van der Waals surface area contributed by atoms with Crippen LogP contribution in [0.1, 0.15) is 40.5 Å². The van der Waals surface area contributed by atoms with E-state index in [1.807, 2.05) is 11.8 Å². The number of piperidine rings is 1. The van der Waals surface area contributed by atoms with Crippen LogP contribution in [0.5, 0.6) is 0 Å². The van der Waals surface area contributed by atoms with Crippen LogP contribution < -0.4 is 15.5 Å². The number of amides is 3. The second-order valence-electron chi connectivity index (χ2n) is 10.1. The largest absolute Gasteiger partial charge is 0.444 e. The summed E-state index contributed by atoms with van der Waals surface area (Å²) in [6, 6.07) is 1.51. The molecule has 3 rings (SSSR count). The molecule has 0 bridgehead atoms. The standard InChI is InChI=1S/C24H39N7O4/c1-18(21(33)29-13-15-30(16-14-29)22-26-8-6-9-27-22)31-12-5-7-19(17-31)20(32)25-10-11-28-23(34)35-24(2,3)4/h6,8-9,18-19H,5,7,10-17H2,1-4H3,(H,25,32)(H,28,34). The fourth-order valence-electron chi connectivity index (χ4n) is 4.38. The van der Waals surface area contributed by atoms with E-state index >= 15 is 0 Å². The highest BCUT2D eigenvalue weighted by molar-refractivity contribution is 5.82. The Labute approximate surface area is 207 Å². The summed E-state index contributed by atoms with van der Waals surface area (Å²) in [5.41, 5.74) is -0.559. The lowest BCUT2D eigenvalue weighted by Gasteiger charge is -2.40. The number of anilines is 1. The van der Waals surface area contributed by atoms with Crippen molar-refractivity contribution in [2.45, 2.75) is 52.2 Å². The van der Waals surface area contributed by atoms with Gasteiger partial charge in [0.05, 0.1) is 12.0 Å². The molecule has 2 aliphatic rings. The maximum Gasteiger partial charge on any atom is 0.407 e. The van der Waals surface area contributed by atoms with E-state index in [0.29, 0.717) is 51.8 Å². The molecule has 0 spiro atoms. The molecule has 0 saturated carbocycles. The number of likely N-dealkylation sites (tertiary alicyclic amines) is 1. The summed E-state index contributed by atoms with van der Waals surface area (Å²) in [7, 11) is 0. The molecule has 2 aliphatic heterocycles. The fraction of sp³-hybridized carbons (Fsp3) is 0.708. The number of alkyl carbamates (subject to hydrolysis) is 1. The van der Waals surface area contributed by atoms with Gasteiger partial charge >= 0.3 is 6.09 Å². The number of piperazine rings is 1. The van der Waals surface area contributed by atoms with Crippen LogP contribution in [0.15, 0.2) is 18.5 Å². The van der Waals surface area contributed by atoms with Crippen molar-refractivity contribution in [2.24, 2.45) is 5.92 Å². The maximum absolute atomic E-state index is 13.2. The van der Waals surface area contributed by atoms with Crippen LogP contribution in [0.3, 0.4) is 0 Å². The highest BCUT2D eigenvalue weighted by Gasteiger charge is 2.33. The number of carbonyl (C=O) groups excluding carboxylic acids is 3. The van der Waals surface area contributed by atoms with E-state index in [2.05, 4.69) is 30.4 Å². The first-order valence-corrected chi connectivity index (χ1v) is 12.4. The van der Waals surface area contributed by atoms with Gasteiger partial charge in [-0.1, -0.05) is 0 Å². The van der Waals surface area contributed by atoms with Gasteiger partial charge in [0.1, 0.15) is 5.60 Å². The molecule has 3 amide bonds. The van der Waals surface area contributed by atoms with Crippen molar-refractivity contribution in [1.29, 1.82) is 0 Å². The first-order chi connectivity index (χ1) is 16.6. The smallest absolute Gasteiger partial charge is 0.407 e. The number of aromatic nitrogens is 2. The van der Waals surface area contributed by atoms with Crippen LogP contribution in [0, 0.1) is 5.92 Å². The van der Waals surface area contributed by atoms with E-state index in [1.54, 1.807) is 39.2 Å². The highest BCUT2D eigenvalue weighted by atomic mass is 16.6. The molecule has 2 atom stereocenters. The Hall–Kier alpha value is -2.95. The van der Waals surface area contributed by atoms with Gasteiger partial charge in [-0.2, -0.15) is 0 Å². The quantitative estimate of drug-likeness (QED) is 0.542. The number of hydrogen-bond donors (Lipinski definition) is 2. The normalized spacial score (nSPS) is 20.2. The monoisotopic (exact) mass is 489 g/mol. The first-order valence-electron chi connectivity index (χ1n) is 12.4. The number of nitrogens with zero attached hydrogens (tertiary/aromatic N) is 5. The van der Waals surface area contributed by atoms with E-state index in [1.165, 1.54) is 0 Å². The van der Waals surface area contributed by atoms with E-state index in [4.69, 9.17) is 4.74 Å². The second kappa shape index (κ2) is 12.1. The van der Waals surface area contributed by atoms with Gasteiger partial charge in [-0.15, -0.1) is 0 Å². The third-order valence-corrected chi connectivity index (χ3v) is 6.25. The number of hydrogen-bond acceptors (Lipinski definition) is 8. The molecule has 2 fully saturated rings. The Kier molecular flexibility index (Phi) is 9.25. The van der Waals surface area contributed by atoms with Crippen LogP contribution in [-0.4, -0.2) is 102 Å². The molecule has 1 aromatic rings.